The maximum absolute atomic E-state index is 10.6. The SMILES string of the molecule is Cc1c[nH]c2nccc(-c3c(-c4ccc(Cl)cc4)nn4c3CNCC4)c12.O=C(O)C(F)(F)F. The van der Waals surface area contributed by atoms with Gasteiger partial charge in [-0.15, -0.1) is 0 Å². The Labute approximate surface area is 191 Å². The number of aliphatic carboxylic acids is 1. The number of hydrogen-bond donors (Lipinski definition) is 3. The van der Waals surface area contributed by atoms with Crippen LogP contribution in [0.25, 0.3) is 33.4 Å². The predicted molar refractivity (Wildman–Crippen MR) is 118 cm³/mol. The van der Waals surface area contributed by atoms with E-state index in [1.807, 2.05) is 36.7 Å². The molecule has 3 N–H and O–H groups in total. The fraction of sp³-hybridized carbons (Fsp3) is 0.227. The topological polar surface area (TPSA) is 95.8 Å². The number of nitrogens with zero attached hydrogens (tertiary/aromatic N) is 3. The van der Waals surface area contributed by atoms with Crippen molar-refractivity contribution >= 4 is 28.6 Å². The summed E-state index contributed by atoms with van der Waals surface area (Å²) in [5, 5.41) is 17.4. The first-order valence-corrected chi connectivity index (χ1v) is 10.3. The van der Waals surface area contributed by atoms with Gasteiger partial charge in [-0.05, 0) is 36.2 Å². The second-order valence-electron chi connectivity index (χ2n) is 7.43. The molecule has 0 saturated carbocycles. The van der Waals surface area contributed by atoms with Crippen LogP contribution >= 0.6 is 11.6 Å². The second kappa shape index (κ2) is 8.87. The molecular formula is C22H19ClF3N5O2. The Balaban J connectivity index is 0.000000325. The fourth-order valence-corrected chi connectivity index (χ4v) is 3.90. The van der Waals surface area contributed by atoms with Gasteiger partial charge in [-0.3, -0.25) is 4.68 Å². The van der Waals surface area contributed by atoms with Gasteiger partial charge in [-0.1, -0.05) is 23.7 Å². The number of pyridine rings is 1. The summed E-state index contributed by atoms with van der Waals surface area (Å²) in [5.41, 5.74) is 7.73. The molecule has 0 aliphatic carbocycles. The normalized spacial score (nSPS) is 13.4. The summed E-state index contributed by atoms with van der Waals surface area (Å²) >= 11 is 6.09. The predicted octanol–water partition coefficient (Wildman–Crippen LogP) is 4.79. The number of hydrogen-bond acceptors (Lipinski definition) is 4. The van der Waals surface area contributed by atoms with Crippen molar-refractivity contribution in [2.45, 2.75) is 26.2 Å². The minimum Gasteiger partial charge on any atom is -0.475 e. The summed E-state index contributed by atoms with van der Waals surface area (Å²) in [6.45, 7) is 4.72. The van der Waals surface area contributed by atoms with Crippen LogP contribution in [0.15, 0.2) is 42.7 Å². The van der Waals surface area contributed by atoms with Gasteiger partial charge in [0.25, 0.3) is 0 Å². The van der Waals surface area contributed by atoms with Crippen molar-refractivity contribution < 1.29 is 23.1 Å². The average molecular weight is 478 g/mol. The van der Waals surface area contributed by atoms with Crippen LogP contribution in [0.5, 0.6) is 0 Å². The van der Waals surface area contributed by atoms with Gasteiger partial charge < -0.3 is 15.4 Å². The molecule has 0 spiro atoms. The number of aromatic amines is 1. The zero-order valence-electron chi connectivity index (χ0n) is 17.4. The van der Waals surface area contributed by atoms with Crippen molar-refractivity contribution in [3.8, 4) is 22.4 Å². The molecule has 4 aromatic rings. The van der Waals surface area contributed by atoms with E-state index in [0.717, 1.165) is 46.9 Å². The first-order chi connectivity index (χ1) is 15.7. The van der Waals surface area contributed by atoms with Crippen LogP contribution < -0.4 is 5.32 Å². The third kappa shape index (κ3) is 4.57. The third-order valence-corrected chi connectivity index (χ3v) is 5.50. The lowest BCUT2D eigenvalue weighted by molar-refractivity contribution is -0.192. The van der Waals surface area contributed by atoms with Gasteiger partial charge in [0.1, 0.15) is 11.3 Å². The van der Waals surface area contributed by atoms with Crippen LogP contribution in [-0.4, -0.2) is 43.5 Å². The quantitative estimate of drug-likeness (QED) is 0.386. The van der Waals surface area contributed by atoms with E-state index < -0.39 is 12.1 Å². The van der Waals surface area contributed by atoms with Gasteiger partial charge >= 0.3 is 12.1 Å². The lowest BCUT2D eigenvalue weighted by Crippen LogP contribution is -2.28. The van der Waals surface area contributed by atoms with Crippen LogP contribution in [0.4, 0.5) is 13.2 Å². The summed E-state index contributed by atoms with van der Waals surface area (Å²) < 4.78 is 33.9. The van der Waals surface area contributed by atoms with Gasteiger partial charge in [0.15, 0.2) is 0 Å². The number of fused-ring (bicyclic) bond motifs is 2. The van der Waals surface area contributed by atoms with Crippen molar-refractivity contribution in [3.05, 3.63) is 59.0 Å². The maximum atomic E-state index is 10.6. The van der Waals surface area contributed by atoms with Gasteiger partial charge in [-0.2, -0.15) is 18.3 Å². The maximum Gasteiger partial charge on any atom is 0.490 e. The Morgan fingerprint density at radius 3 is 2.58 bits per heavy atom. The van der Waals surface area contributed by atoms with E-state index in [1.54, 1.807) is 0 Å². The number of carbonyl (C=O) groups is 1. The Hall–Kier alpha value is -3.37. The lowest BCUT2D eigenvalue weighted by atomic mass is 9.96. The highest BCUT2D eigenvalue weighted by molar-refractivity contribution is 6.30. The zero-order valence-corrected chi connectivity index (χ0v) is 18.1. The van der Waals surface area contributed by atoms with Crippen molar-refractivity contribution in [1.82, 2.24) is 25.1 Å². The zero-order chi connectivity index (χ0) is 23.8. The monoisotopic (exact) mass is 477 g/mol. The van der Waals surface area contributed by atoms with Crippen molar-refractivity contribution in [2.75, 3.05) is 6.54 Å². The molecule has 7 nitrogen and oxygen atoms in total. The molecule has 0 bridgehead atoms. The standard InChI is InChI=1S/C20H18ClN5.C2HF3O2/c1-12-10-24-20-17(12)15(6-7-23-20)18-16-11-22-8-9-26(16)25-19(18)13-2-4-14(21)5-3-13;3-2(4,5)1(6)7/h2-7,10,22H,8-9,11H2,1H3,(H,23,24);(H,6,7). The number of rotatable bonds is 2. The first kappa shape index (κ1) is 22.8. The van der Waals surface area contributed by atoms with E-state index in [1.165, 1.54) is 22.4 Å². The van der Waals surface area contributed by atoms with Crippen LogP contribution in [0.2, 0.25) is 5.02 Å². The number of nitrogens with one attached hydrogen (secondary N) is 2. The molecule has 1 aliphatic rings. The minimum absolute atomic E-state index is 0.730. The van der Waals surface area contributed by atoms with Crippen molar-refractivity contribution in [2.24, 2.45) is 0 Å². The molecule has 1 aromatic carbocycles. The number of carboxylic acids is 1. The van der Waals surface area contributed by atoms with E-state index in [2.05, 4.69) is 33.0 Å². The molecule has 4 heterocycles. The smallest absolute Gasteiger partial charge is 0.475 e. The summed E-state index contributed by atoms with van der Waals surface area (Å²) in [6, 6.07) is 10.0. The highest BCUT2D eigenvalue weighted by Gasteiger charge is 2.38. The van der Waals surface area contributed by atoms with Gasteiger partial charge in [-0.25, -0.2) is 9.78 Å². The van der Waals surface area contributed by atoms with Crippen molar-refractivity contribution in [3.63, 3.8) is 0 Å². The van der Waals surface area contributed by atoms with E-state index in [-0.39, 0.29) is 0 Å². The molecule has 5 rings (SSSR count). The molecule has 3 aromatic heterocycles. The highest BCUT2D eigenvalue weighted by atomic mass is 35.5. The fourth-order valence-electron chi connectivity index (χ4n) is 3.77. The Morgan fingerprint density at radius 2 is 1.91 bits per heavy atom. The largest absolute Gasteiger partial charge is 0.490 e. The Bertz CT molecular complexity index is 1310. The first-order valence-electron chi connectivity index (χ1n) is 9.96. The third-order valence-electron chi connectivity index (χ3n) is 5.25. The summed E-state index contributed by atoms with van der Waals surface area (Å²) in [4.78, 5) is 16.6. The van der Waals surface area contributed by atoms with Gasteiger partial charge in [0, 0.05) is 47.0 Å². The van der Waals surface area contributed by atoms with Gasteiger partial charge in [0.2, 0.25) is 0 Å². The van der Waals surface area contributed by atoms with E-state index in [0.29, 0.717) is 0 Å². The number of benzene rings is 1. The molecular weight excluding hydrogens is 459 g/mol. The van der Waals surface area contributed by atoms with E-state index in [9.17, 15) is 13.2 Å². The molecule has 0 atom stereocenters. The molecule has 1 aliphatic heterocycles. The van der Waals surface area contributed by atoms with Crippen LogP contribution in [0.3, 0.4) is 0 Å². The molecule has 11 heteroatoms. The second-order valence-corrected chi connectivity index (χ2v) is 7.87. The average Bonchev–Trinajstić information content (AvgIpc) is 3.35. The molecule has 33 heavy (non-hydrogen) atoms. The van der Waals surface area contributed by atoms with Gasteiger partial charge in [0.05, 0.1) is 12.2 Å². The Kier molecular flexibility index (Phi) is 6.13. The molecule has 0 fully saturated rings. The van der Waals surface area contributed by atoms with Crippen LogP contribution in [0, 0.1) is 6.92 Å². The molecule has 0 amide bonds. The molecule has 0 unspecified atom stereocenters. The van der Waals surface area contributed by atoms with Crippen molar-refractivity contribution in [1.29, 1.82) is 0 Å². The number of aryl methyl sites for hydroxylation is 1. The number of carboxylic acid groups (broad SMARTS) is 1. The number of alkyl halides is 3. The highest BCUT2D eigenvalue weighted by Crippen LogP contribution is 2.39. The van der Waals surface area contributed by atoms with Crippen LogP contribution in [0.1, 0.15) is 11.3 Å². The lowest BCUT2D eigenvalue weighted by Gasteiger charge is -2.16. The Morgan fingerprint density at radius 1 is 1.21 bits per heavy atom. The number of aromatic nitrogens is 4. The molecule has 172 valence electrons. The van der Waals surface area contributed by atoms with E-state index in [4.69, 9.17) is 26.6 Å². The molecule has 0 radical (unpaired) electrons. The van der Waals surface area contributed by atoms with Crippen LogP contribution in [-0.2, 0) is 17.9 Å². The van der Waals surface area contributed by atoms with E-state index >= 15 is 0 Å². The summed E-state index contributed by atoms with van der Waals surface area (Å²) in [5.74, 6) is -2.76. The number of H-pyrrole nitrogens is 1. The molecule has 0 saturated heterocycles. The summed E-state index contributed by atoms with van der Waals surface area (Å²) in [6.07, 6.45) is -1.21. The summed E-state index contributed by atoms with van der Waals surface area (Å²) in [7, 11) is 0. The number of halogens is 4. The minimum atomic E-state index is -5.08.